The van der Waals surface area contributed by atoms with E-state index in [1.54, 1.807) is 17.0 Å². The van der Waals surface area contributed by atoms with Crippen molar-refractivity contribution in [1.29, 1.82) is 0 Å². The lowest BCUT2D eigenvalue weighted by atomic mass is 10.0. The summed E-state index contributed by atoms with van der Waals surface area (Å²) in [6.07, 6.45) is 0.644. The molecule has 7 heteroatoms. The summed E-state index contributed by atoms with van der Waals surface area (Å²) in [5.74, 6) is 0.577. The van der Waals surface area contributed by atoms with Gasteiger partial charge in [0.2, 0.25) is 0 Å². The van der Waals surface area contributed by atoms with E-state index in [4.69, 9.17) is 4.74 Å². The zero-order chi connectivity index (χ0) is 24.4. The van der Waals surface area contributed by atoms with Gasteiger partial charge in [-0.3, -0.25) is 9.89 Å². The molecule has 0 spiro atoms. The van der Waals surface area contributed by atoms with Crippen molar-refractivity contribution in [3.05, 3.63) is 88.6 Å². The van der Waals surface area contributed by atoms with Crippen LogP contribution in [0.5, 0.6) is 11.5 Å². The Kier molecular flexibility index (Phi) is 6.42. The first-order chi connectivity index (χ1) is 17.0. The molecule has 5 rings (SSSR count). The zero-order valence-electron chi connectivity index (χ0n) is 20.1. The van der Waals surface area contributed by atoms with Gasteiger partial charge in [0.25, 0.3) is 5.91 Å². The number of hydrogen-bond donors (Lipinski definition) is 2. The Morgan fingerprint density at radius 3 is 2.71 bits per heavy atom. The quantitative estimate of drug-likeness (QED) is 0.400. The highest BCUT2D eigenvalue weighted by Crippen LogP contribution is 2.32. The lowest BCUT2D eigenvalue weighted by molar-refractivity contribution is 0.0748. The van der Waals surface area contributed by atoms with Crippen LogP contribution >= 0.6 is 0 Å². The van der Waals surface area contributed by atoms with Gasteiger partial charge in [-0.05, 0) is 48.5 Å². The highest BCUT2D eigenvalue weighted by molar-refractivity contribution is 6.01. The maximum atomic E-state index is 13.4. The smallest absolute Gasteiger partial charge is 0.258 e. The summed E-state index contributed by atoms with van der Waals surface area (Å²) in [5.41, 5.74) is 5.17. The highest BCUT2D eigenvalue weighted by Gasteiger charge is 2.27. The molecular formula is C28H30N4O3. The van der Waals surface area contributed by atoms with Crippen LogP contribution < -0.4 is 4.74 Å². The van der Waals surface area contributed by atoms with Crippen LogP contribution in [-0.4, -0.2) is 57.8 Å². The molecule has 1 aromatic heterocycles. The molecule has 0 saturated carbocycles. The number of benzene rings is 3. The molecule has 4 aromatic rings. The molecule has 1 amide bonds. The van der Waals surface area contributed by atoms with Gasteiger partial charge in [0, 0.05) is 37.5 Å². The molecular weight excluding hydrogens is 440 g/mol. The first kappa shape index (κ1) is 22.9. The van der Waals surface area contributed by atoms with E-state index in [1.807, 2.05) is 36.4 Å². The number of carbonyl (C=O) groups excluding carboxylic acids is 1. The Morgan fingerprint density at radius 2 is 1.91 bits per heavy atom. The predicted octanol–water partition coefficient (Wildman–Crippen LogP) is 4.35. The molecule has 3 aromatic carbocycles. The number of aromatic amines is 1. The minimum Gasteiger partial charge on any atom is -0.507 e. The standard InChI is InChI=1S/C28H30N4O3/c1-3-31(2)11-12-35-22-10-9-20-17-32(18-21(20)14-22)28(34)24-15-23-25(13-19-7-5-4-6-8-19)29-30-26(23)16-27(24)33/h4-10,14-16,33H,3,11-13,17-18H2,1-2H3,(H,29,30). The van der Waals surface area contributed by atoms with Crippen LogP contribution in [0.4, 0.5) is 0 Å². The summed E-state index contributed by atoms with van der Waals surface area (Å²) in [6, 6.07) is 19.4. The third kappa shape index (κ3) is 4.86. The number of aromatic nitrogens is 2. The van der Waals surface area contributed by atoms with Crippen LogP contribution in [0.25, 0.3) is 10.9 Å². The van der Waals surface area contributed by atoms with E-state index in [2.05, 4.69) is 41.2 Å². The summed E-state index contributed by atoms with van der Waals surface area (Å²) in [6.45, 7) is 5.58. The molecule has 0 bridgehead atoms. The Hall–Kier alpha value is -3.84. The minimum absolute atomic E-state index is 0.0440. The van der Waals surface area contributed by atoms with Gasteiger partial charge in [-0.2, -0.15) is 5.10 Å². The zero-order valence-corrected chi connectivity index (χ0v) is 20.1. The van der Waals surface area contributed by atoms with E-state index in [1.165, 1.54) is 0 Å². The van der Waals surface area contributed by atoms with Crippen molar-refractivity contribution >= 4 is 16.8 Å². The van der Waals surface area contributed by atoms with E-state index < -0.39 is 0 Å². The Morgan fingerprint density at radius 1 is 1.11 bits per heavy atom. The van der Waals surface area contributed by atoms with Crippen LogP contribution in [0.15, 0.2) is 60.7 Å². The molecule has 35 heavy (non-hydrogen) atoms. The van der Waals surface area contributed by atoms with E-state index in [-0.39, 0.29) is 11.7 Å². The van der Waals surface area contributed by atoms with Gasteiger partial charge in [0.1, 0.15) is 18.1 Å². The number of nitrogens with zero attached hydrogens (tertiary/aromatic N) is 3. The van der Waals surface area contributed by atoms with Gasteiger partial charge >= 0.3 is 0 Å². The van der Waals surface area contributed by atoms with Gasteiger partial charge in [-0.25, -0.2) is 0 Å². The van der Waals surface area contributed by atoms with Crippen molar-refractivity contribution in [2.24, 2.45) is 0 Å². The predicted molar refractivity (Wildman–Crippen MR) is 136 cm³/mol. The van der Waals surface area contributed by atoms with Crippen molar-refractivity contribution in [3.8, 4) is 11.5 Å². The van der Waals surface area contributed by atoms with Gasteiger partial charge < -0.3 is 19.6 Å². The summed E-state index contributed by atoms with van der Waals surface area (Å²) in [5, 5.41) is 18.9. The summed E-state index contributed by atoms with van der Waals surface area (Å²) < 4.78 is 5.91. The van der Waals surface area contributed by atoms with Crippen molar-refractivity contribution in [2.45, 2.75) is 26.4 Å². The Bertz CT molecular complexity index is 1350. The van der Waals surface area contributed by atoms with E-state index in [9.17, 15) is 9.90 Å². The van der Waals surface area contributed by atoms with Gasteiger partial charge in [0.15, 0.2) is 0 Å². The molecule has 7 nitrogen and oxygen atoms in total. The maximum Gasteiger partial charge on any atom is 0.258 e. The number of fused-ring (bicyclic) bond motifs is 2. The molecule has 180 valence electrons. The van der Waals surface area contributed by atoms with E-state index >= 15 is 0 Å². The van der Waals surface area contributed by atoms with Crippen molar-refractivity contribution in [1.82, 2.24) is 20.0 Å². The van der Waals surface area contributed by atoms with Gasteiger partial charge in [-0.1, -0.05) is 43.3 Å². The number of nitrogens with one attached hydrogen (secondary N) is 1. The number of hydrogen-bond acceptors (Lipinski definition) is 5. The lowest BCUT2D eigenvalue weighted by Gasteiger charge is -2.16. The molecule has 1 aliphatic heterocycles. The fraction of sp³-hybridized carbons (Fsp3) is 0.286. The molecule has 0 fully saturated rings. The van der Waals surface area contributed by atoms with Gasteiger partial charge in [-0.15, -0.1) is 0 Å². The normalized spacial score (nSPS) is 12.9. The molecule has 2 N–H and O–H groups in total. The van der Waals surface area contributed by atoms with Crippen LogP contribution in [-0.2, 0) is 19.5 Å². The third-order valence-electron chi connectivity index (χ3n) is 6.67. The topological polar surface area (TPSA) is 81.7 Å². The van der Waals surface area contributed by atoms with Crippen LogP contribution in [0.3, 0.4) is 0 Å². The molecule has 2 heterocycles. The number of H-pyrrole nitrogens is 1. The second-order valence-corrected chi connectivity index (χ2v) is 9.08. The molecule has 0 atom stereocenters. The SMILES string of the molecule is CCN(C)CCOc1ccc2c(c1)CN(C(=O)c1cc3c(Cc4ccccc4)n[nH]c3cc1O)C2. The summed E-state index contributed by atoms with van der Waals surface area (Å²) >= 11 is 0. The Labute approximate surface area is 204 Å². The van der Waals surface area contributed by atoms with Crippen molar-refractivity contribution in [3.63, 3.8) is 0 Å². The maximum absolute atomic E-state index is 13.4. The van der Waals surface area contributed by atoms with Crippen LogP contribution in [0.1, 0.15) is 39.7 Å². The first-order valence-corrected chi connectivity index (χ1v) is 12.0. The number of carbonyl (C=O) groups is 1. The third-order valence-corrected chi connectivity index (χ3v) is 6.67. The number of phenols is 1. The van der Waals surface area contributed by atoms with Crippen molar-refractivity contribution in [2.75, 3.05) is 26.7 Å². The molecule has 1 aliphatic rings. The average molecular weight is 471 g/mol. The minimum atomic E-state index is -0.195. The molecule has 0 saturated heterocycles. The monoisotopic (exact) mass is 470 g/mol. The number of ether oxygens (including phenoxy) is 1. The largest absolute Gasteiger partial charge is 0.507 e. The highest BCUT2D eigenvalue weighted by atomic mass is 16.5. The average Bonchev–Trinajstić information content (AvgIpc) is 3.47. The first-order valence-electron chi connectivity index (χ1n) is 12.0. The van der Waals surface area contributed by atoms with Gasteiger partial charge in [0.05, 0.1) is 16.8 Å². The number of rotatable bonds is 8. The van der Waals surface area contributed by atoms with Crippen LogP contribution in [0.2, 0.25) is 0 Å². The lowest BCUT2D eigenvalue weighted by Crippen LogP contribution is -2.25. The number of amides is 1. The second kappa shape index (κ2) is 9.80. The second-order valence-electron chi connectivity index (χ2n) is 9.08. The number of likely N-dealkylation sites (N-methyl/N-ethyl adjacent to an activating group) is 1. The van der Waals surface area contributed by atoms with E-state index in [0.717, 1.165) is 46.6 Å². The molecule has 0 aliphatic carbocycles. The van der Waals surface area contributed by atoms with Crippen LogP contribution in [0, 0.1) is 0 Å². The summed E-state index contributed by atoms with van der Waals surface area (Å²) in [4.78, 5) is 17.4. The molecule has 0 radical (unpaired) electrons. The fourth-order valence-corrected chi connectivity index (χ4v) is 4.45. The Balaban J connectivity index is 1.33. The number of aromatic hydroxyl groups is 1. The number of phenolic OH excluding ortho intramolecular Hbond substituents is 1. The van der Waals surface area contributed by atoms with Crippen molar-refractivity contribution < 1.29 is 14.6 Å². The molecule has 0 unspecified atom stereocenters. The van der Waals surface area contributed by atoms with E-state index in [0.29, 0.717) is 37.2 Å². The summed E-state index contributed by atoms with van der Waals surface area (Å²) in [7, 11) is 2.07. The fourth-order valence-electron chi connectivity index (χ4n) is 4.45.